The Bertz CT molecular complexity index is 798. The van der Waals surface area contributed by atoms with Crippen LogP contribution in [-0.4, -0.2) is 29.6 Å². The second-order valence-electron chi connectivity index (χ2n) is 5.25. The van der Waals surface area contributed by atoms with Crippen LogP contribution in [0.3, 0.4) is 0 Å². The monoisotopic (exact) mass is 341 g/mol. The van der Waals surface area contributed by atoms with Crippen molar-refractivity contribution >= 4 is 23.2 Å². The fourth-order valence-electron chi connectivity index (χ4n) is 2.36. The third-order valence-electron chi connectivity index (χ3n) is 3.69. The van der Waals surface area contributed by atoms with Gasteiger partial charge in [-0.05, 0) is 17.7 Å². The standard InChI is InChI=1S/C18H15NO6/c1-25-18(22)17(21)15(12-5-3-2-4-6-12)11-16(20)13-7-9-14(10-8-13)19(23)24/h2-10,15H,11H2,1H3. The van der Waals surface area contributed by atoms with Crippen LogP contribution in [0, 0.1) is 10.1 Å². The van der Waals surface area contributed by atoms with Crippen molar-refractivity contribution in [1.29, 1.82) is 0 Å². The molecule has 25 heavy (non-hydrogen) atoms. The molecule has 0 saturated carbocycles. The molecule has 7 nitrogen and oxygen atoms in total. The highest BCUT2D eigenvalue weighted by atomic mass is 16.6. The highest BCUT2D eigenvalue weighted by Crippen LogP contribution is 2.24. The van der Waals surface area contributed by atoms with E-state index in [2.05, 4.69) is 4.74 Å². The molecule has 2 aromatic rings. The van der Waals surface area contributed by atoms with Gasteiger partial charge in [0.25, 0.3) is 5.69 Å². The van der Waals surface area contributed by atoms with Gasteiger partial charge in [0, 0.05) is 24.1 Å². The predicted molar refractivity (Wildman–Crippen MR) is 88.2 cm³/mol. The number of carbonyl (C=O) groups is 3. The van der Waals surface area contributed by atoms with Gasteiger partial charge < -0.3 is 4.74 Å². The van der Waals surface area contributed by atoms with E-state index in [1.807, 2.05) is 0 Å². The van der Waals surface area contributed by atoms with E-state index in [1.165, 1.54) is 24.3 Å². The lowest BCUT2D eigenvalue weighted by molar-refractivity contribution is -0.384. The summed E-state index contributed by atoms with van der Waals surface area (Å²) in [5, 5.41) is 10.7. The summed E-state index contributed by atoms with van der Waals surface area (Å²) in [6, 6.07) is 13.5. The molecule has 0 aliphatic rings. The first-order valence-corrected chi connectivity index (χ1v) is 7.38. The van der Waals surface area contributed by atoms with Crippen molar-refractivity contribution in [3.63, 3.8) is 0 Å². The van der Waals surface area contributed by atoms with E-state index in [4.69, 9.17) is 0 Å². The van der Waals surface area contributed by atoms with Gasteiger partial charge in [0.1, 0.15) is 0 Å². The van der Waals surface area contributed by atoms with Crippen LogP contribution in [0.25, 0.3) is 0 Å². The van der Waals surface area contributed by atoms with Crippen LogP contribution in [0.2, 0.25) is 0 Å². The molecule has 0 amide bonds. The smallest absolute Gasteiger partial charge is 0.374 e. The second-order valence-corrected chi connectivity index (χ2v) is 5.25. The lowest BCUT2D eigenvalue weighted by Crippen LogP contribution is -2.25. The zero-order chi connectivity index (χ0) is 18.4. The molecule has 0 saturated heterocycles. The summed E-state index contributed by atoms with van der Waals surface area (Å²) >= 11 is 0. The summed E-state index contributed by atoms with van der Waals surface area (Å²) in [6.07, 6.45) is -0.240. The SMILES string of the molecule is COC(=O)C(=O)C(CC(=O)c1ccc([N+](=O)[O-])cc1)c1ccccc1. The molecule has 0 bridgehead atoms. The van der Waals surface area contributed by atoms with Gasteiger partial charge in [-0.15, -0.1) is 0 Å². The molecule has 2 rings (SSSR count). The van der Waals surface area contributed by atoms with Gasteiger partial charge in [0.05, 0.1) is 18.0 Å². The Labute approximate surface area is 143 Å². The lowest BCUT2D eigenvalue weighted by atomic mass is 9.88. The van der Waals surface area contributed by atoms with Crippen molar-refractivity contribution in [2.45, 2.75) is 12.3 Å². The largest absolute Gasteiger partial charge is 0.463 e. The molecule has 0 aromatic heterocycles. The van der Waals surface area contributed by atoms with Gasteiger partial charge in [-0.25, -0.2) is 4.79 Å². The summed E-state index contributed by atoms with van der Waals surface area (Å²) in [4.78, 5) is 46.4. The number of ketones is 2. The number of nitro groups is 1. The van der Waals surface area contributed by atoms with Crippen molar-refractivity contribution in [3.8, 4) is 0 Å². The van der Waals surface area contributed by atoms with E-state index in [0.29, 0.717) is 5.56 Å². The number of nitro benzene ring substituents is 1. The quantitative estimate of drug-likeness (QED) is 0.252. The number of nitrogens with zero attached hydrogens (tertiary/aromatic N) is 1. The minimum Gasteiger partial charge on any atom is -0.463 e. The van der Waals surface area contributed by atoms with Crippen molar-refractivity contribution in [2.24, 2.45) is 0 Å². The third kappa shape index (κ3) is 4.35. The van der Waals surface area contributed by atoms with Gasteiger partial charge in [-0.2, -0.15) is 0 Å². The minimum absolute atomic E-state index is 0.137. The van der Waals surface area contributed by atoms with Crippen LogP contribution in [-0.2, 0) is 14.3 Å². The molecular weight excluding hydrogens is 326 g/mol. The third-order valence-corrected chi connectivity index (χ3v) is 3.69. The molecule has 1 atom stereocenters. The molecule has 0 fully saturated rings. The summed E-state index contributed by atoms with van der Waals surface area (Å²) in [6.45, 7) is 0. The fourth-order valence-corrected chi connectivity index (χ4v) is 2.36. The van der Waals surface area contributed by atoms with Gasteiger partial charge in [-0.3, -0.25) is 19.7 Å². The molecular formula is C18H15NO6. The van der Waals surface area contributed by atoms with E-state index in [0.717, 1.165) is 7.11 Å². The second kappa shape index (κ2) is 7.96. The van der Waals surface area contributed by atoms with Crippen LogP contribution >= 0.6 is 0 Å². The molecule has 7 heteroatoms. The zero-order valence-electron chi connectivity index (χ0n) is 13.4. The Morgan fingerprint density at radius 1 is 1.04 bits per heavy atom. The first-order chi connectivity index (χ1) is 11.9. The number of benzene rings is 2. The van der Waals surface area contributed by atoms with E-state index in [9.17, 15) is 24.5 Å². The number of rotatable bonds is 7. The van der Waals surface area contributed by atoms with Crippen molar-refractivity contribution in [3.05, 3.63) is 75.8 Å². The summed E-state index contributed by atoms with van der Waals surface area (Å²) in [5.74, 6) is -3.22. The number of esters is 1. The number of hydrogen-bond acceptors (Lipinski definition) is 6. The molecule has 1 unspecified atom stereocenters. The van der Waals surface area contributed by atoms with Crippen LogP contribution in [0.1, 0.15) is 28.3 Å². The topological polar surface area (TPSA) is 104 Å². The molecule has 0 aliphatic carbocycles. The summed E-state index contributed by atoms with van der Waals surface area (Å²) in [5.41, 5.74) is 0.610. The van der Waals surface area contributed by atoms with Gasteiger partial charge in [0.15, 0.2) is 5.78 Å². The highest BCUT2D eigenvalue weighted by molar-refractivity contribution is 6.36. The Hall–Kier alpha value is -3.35. The molecule has 128 valence electrons. The highest BCUT2D eigenvalue weighted by Gasteiger charge is 2.30. The molecule has 0 spiro atoms. The Morgan fingerprint density at radius 3 is 2.16 bits per heavy atom. The lowest BCUT2D eigenvalue weighted by Gasteiger charge is -2.14. The van der Waals surface area contributed by atoms with E-state index >= 15 is 0 Å². The van der Waals surface area contributed by atoms with Gasteiger partial charge in [0.2, 0.25) is 5.78 Å². The Balaban J connectivity index is 2.26. The first-order valence-electron chi connectivity index (χ1n) is 7.38. The number of Topliss-reactive ketones (excluding diaryl/α,β-unsaturated/α-hetero) is 2. The molecule has 2 aromatic carbocycles. The maximum absolute atomic E-state index is 12.5. The van der Waals surface area contributed by atoms with E-state index in [1.54, 1.807) is 30.3 Å². The van der Waals surface area contributed by atoms with Crippen molar-refractivity contribution in [1.82, 2.24) is 0 Å². The summed E-state index contributed by atoms with van der Waals surface area (Å²) in [7, 11) is 1.10. The summed E-state index contributed by atoms with van der Waals surface area (Å²) < 4.78 is 4.47. The number of hydrogen-bond donors (Lipinski definition) is 0. The van der Waals surface area contributed by atoms with E-state index in [-0.39, 0.29) is 17.7 Å². The van der Waals surface area contributed by atoms with Gasteiger partial charge >= 0.3 is 5.97 Å². The first kappa shape index (κ1) is 18.0. The Morgan fingerprint density at radius 2 is 1.64 bits per heavy atom. The number of methoxy groups -OCH3 is 1. The van der Waals surface area contributed by atoms with Gasteiger partial charge in [-0.1, -0.05) is 30.3 Å². The van der Waals surface area contributed by atoms with Crippen LogP contribution < -0.4 is 0 Å². The van der Waals surface area contributed by atoms with Crippen LogP contribution in [0.4, 0.5) is 5.69 Å². The fraction of sp³-hybridized carbons (Fsp3) is 0.167. The zero-order valence-corrected chi connectivity index (χ0v) is 13.4. The Kier molecular flexibility index (Phi) is 5.73. The molecule has 0 aliphatic heterocycles. The molecule has 0 radical (unpaired) electrons. The normalized spacial score (nSPS) is 11.4. The number of ether oxygens (including phenoxy) is 1. The van der Waals surface area contributed by atoms with E-state index < -0.39 is 28.4 Å². The van der Waals surface area contributed by atoms with Crippen LogP contribution in [0.15, 0.2) is 54.6 Å². The van der Waals surface area contributed by atoms with Crippen molar-refractivity contribution in [2.75, 3.05) is 7.11 Å². The molecule has 0 N–H and O–H groups in total. The average Bonchev–Trinajstić information content (AvgIpc) is 2.65. The van der Waals surface area contributed by atoms with Crippen molar-refractivity contribution < 1.29 is 24.0 Å². The minimum atomic E-state index is -1.02. The molecule has 0 heterocycles. The maximum atomic E-state index is 12.5. The average molecular weight is 341 g/mol. The maximum Gasteiger partial charge on any atom is 0.374 e. The van der Waals surface area contributed by atoms with Crippen LogP contribution in [0.5, 0.6) is 0 Å². The predicted octanol–water partition coefficient (Wildman–Crippen LogP) is 2.69. The number of carbonyl (C=O) groups excluding carboxylic acids is 3. The number of non-ortho nitro benzene ring substituents is 1.